The molecule has 0 spiro atoms. The number of amides is 1. The number of benzene rings is 1. The summed E-state index contributed by atoms with van der Waals surface area (Å²) in [5.74, 6) is 5.65. The van der Waals surface area contributed by atoms with E-state index < -0.39 is 0 Å². The smallest absolute Gasteiger partial charge is 0.243 e. The van der Waals surface area contributed by atoms with Gasteiger partial charge in [-0.3, -0.25) is 4.79 Å². The Kier molecular flexibility index (Phi) is 4.01. The van der Waals surface area contributed by atoms with Crippen molar-refractivity contribution >= 4 is 23.2 Å². The molecule has 3 nitrogen and oxygen atoms in total. The minimum Gasteiger partial charge on any atom is -0.273 e. The van der Waals surface area contributed by atoms with Gasteiger partial charge >= 0.3 is 0 Å². The quantitative estimate of drug-likeness (QED) is 0.753. The molecule has 1 aliphatic heterocycles. The molecule has 0 atom stereocenters. The Bertz CT molecular complexity index is 537. The first kappa shape index (κ1) is 12.7. The van der Waals surface area contributed by atoms with Crippen molar-refractivity contribution in [3.05, 3.63) is 34.9 Å². The standard InChI is InChI=1S/C14H13ClN2O/c1-2-3-10-17-14(18)9-8-13(16-17)11-4-6-12(15)7-5-11/h4-7H,8-10H2,1H3. The fourth-order valence-electron chi connectivity index (χ4n) is 1.73. The Hall–Kier alpha value is -1.79. The molecule has 0 aromatic heterocycles. The molecule has 1 heterocycles. The van der Waals surface area contributed by atoms with Gasteiger partial charge in [0.15, 0.2) is 0 Å². The number of rotatable bonds is 2. The van der Waals surface area contributed by atoms with Crippen molar-refractivity contribution in [2.45, 2.75) is 19.8 Å². The van der Waals surface area contributed by atoms with Crippen molar-refractivity contribution in [3.63, 3.8) is 0 Å². The van der Waals surface area contributed by atoms with Crippen molar-refractivity contribution in [2.75, 3.05) is 6.54 Å². The van der Waals surface area contributed by atoms with Crippen LogP contribution in [-0.4, -0.2) is 23.2 Å². The molecule has 0 fully saturated rings. The van der Waals surface area contributed by atoms with Crippen LogP contribution in [0.3, 0.4) is 0 Å². The zero-order valence-corrected chi connectivity index (χ0v) is 10.9. The maximum Gasteiger partial charge on any atom is 0.243 e. The van der Waals surface area contributed by atoms with E-state index in [-0.39, 0.29) is 5.91 Å². The molecule has 0 saturated carbocycles. The molecule has 0 bridgehead atoms. The van der Waals surface area contributed by atoms with E-state index in [0.717, 1.165) is 11.3 Å². The Morgan fingerprint density at radius 2 is 2.06 bits per heavy atom. The largest absolute Gasteiger partial charge is 0.273 e. The number of carbonyl (C=O) groups excluding carboxylic acids is 1. The van der Waals surface area contributed by atoms with Gasteiger partial charge in [0.2, 0.25) is 5.91 Å². The second kappa shape index (κ2) is 5.70. The van der Waals surface area contributed by atoms with Crippen LogP contribution in [0.25, 0.3) is 0 Å². The topological polar surface area (TPSA) is 32.7 Å². The summed E-state index contributed by atoms with van der Waals surface area (Å²) >= 11 is 5.85. The van der Waals surface area contributed by atoms with Crippen molar-refractivity contribution in [3.8, 4) is 11.8 Å². The first-order valence-electron chi connectivity index (χ1n) is 5.74. The number of nitrogens with zero attached hydrogens (tertiary/aromatic N) is 2. The van der Waals surface area contributed by atoms with Crippen LogP contribution < -0.4 is 0 Å². The van der Waals surface area contributed by atoms with Gasteiger partial charge in [0.25, 0.3) is 0 Å². The summed E-state index contributed by atoms with van der Waals surface area (Å²) in [7, 11) is 0. The Morgan fingerprint density at radius 3 is 2.72 bits per heavy atom. The third-order valence-electron chi connectivity index (χ3n) is 2.69. The van der Waals surface area contributed by atoms with Gasteiger partial charge in [-0.05, 0) is 24.6 Å². The first-order chi connectivity index (χ1) is 8.70. The van der Waals surface area contributed by atoms with Crippen LogP contribution in [0.2, 0.25) is 5.02 Å². The molecule has 0 saturated heterocycles. The van der Waals surface area contributed by atoms with Gasteiger partial charge < -0.3 is 0 Å². The SMILES string of the molecule is CC#CCN1N=C(c2ccc(Cl)cc2)CCC1=O. The summed E-state index contributed by atoms with van der Waals surface area (Å²) in [4.78, 5) is 11.7. The van der Waals surface area contributed by atoms with Gasteiger partial charge in [-0.2, -0.15) is 5.10 Å². The molecular formula is C14H13ClN2O. The number of carbonyl (C=O) groups is 1. The molecule has 1 amide bonds. The molecule has 0 N–H and O–H groups in total. The van der Waals surface area contributed by atoms with E-state index in [1.807, 2.05) is 24.3 Å². The van der Waals surface area contributed by atoms with Gasteiger partial charge in [-0.15, -0.1) is 5.92 Å². The second-order valence-corrected chi connectivity index (χ2v) is 4.37. The highest BCUT2D eigenvalue weighted by Crippen LogP contribution is 2.17. The molecule has 0 radical (unpaired) electrons. The average molecular weight is 261 g/mol. The first-order valence-corrected chi connectivity index (χ1v) is 6.12. The van der Waals surface area contributed by atoms with Crippen LogP contribution in [-0.2, 0) is 4.79 Å². The molecule has 0 aliphatic carbocycles. The van der Waals surface area contributed by atoms with Crippen molar-refractivity contribution in [1.82, 2.24) is 5.01 Å². The van der Waals surface area contributed by atoms with Gasteiger partial charge in [0, 0.05) is 17.9 Å². The van der Waals surface area contributed by atoms with Crippen LogP contribution in [0.15, 0.2) is 29.4 Å². The van der Waals surface area contributed by atoms with Crippen molar-refractivity contribution < 1.29 is 4.79 Å². The average Bonchev–Trinajstić information content (AvgIpc) is 2.39. The van der Waals surface area contributed by atoms with E-state index in [1.165, 1.54) is 5.01 Å². The van der Waals surface area contributed by atoms with Crippen LogP contribution in [0.1, 0.15) is 25.3 Å². The third-order valence-corrected chi connectivity index (χ3v) is 2.94. The van der Waals surface area contributed by atoms with Crippen LogP contribution in [0.5, 0.6) is 0 Å². The van der Waals surface area contributed by atoms with Gasteiger partial charge in [-0.1, -0.05) is 29.7 Å². The van der Waals surface area contributed by atoms with E-state index in [0.29, 0.717) is 24.4 Å². The van der Waals surface area contributed by atoms with Gasteiger partial charge in [0.05, 0.1) is 5.71 Å². The van der Waals surface area contributed by atoms with Crippen LogP contribution in [0, 0.1) is 11.8 Å². The summed E-state index contributed by atoms with van der Waals surface area (Å²) < 4.78 is 0. The highest BCUT2D eigenvalue weighted by Gasteiger charge is 2.20. The lowest BCUT2D eigenvalue weighted by molar-refractivity contribution is -0.131. The normalized spacial score (nSPS) is 14.9. The van der Waals surface area contributed by atoms with Crippen molar-refractivity contribution in [1.29, 1.82) is 0 Å². The number of halogens is 1. The molecule has 92 valence electrons. The van der Waals surface area contributed by atoms with E-state index in [2.05, 4.69) is 16.9 Å². The molecule has 1 aromatic carbocycles. The summed E-state index contributed by atoms with van der Waals surface area (Å²) in [5, 5.41) is 6.48. The number of hydrazone groups is 1. The molecule has 1 aromatic rings. The van der Waals surface area contributed by atoms with E-state index >= 15 is 0 Å². The fourth-order valence-corrected chi connectivity index (χ4v) is 1.85. The third kappa shape index (κ3) is 2.91. The molecule has 4 heteroatoms. The van der Waals surface area contributed by atoms with Gasteiger partial charge in [0.1, 0.15) is 6.54 Å². The highest BCUT2D eigenvalue weighted by atomic mass is 35.5. The summed E-state index contributed by atoms with van der Waals surface area (Å²) in [5.41, 5.74) is 1.91. The Morgan fingerprint density at radius 1 is 1.33 bits per heavy atom. The minimum atomic E-state index is 0.0236. The molecule has 1 aliphatic rings. The van der Waals surface area contributed by atoms with Crippen molar-refractivity contribution in [2.24, 2.45) is 5.10 Å². The van der Waals surface area contributed by atoms with Crippen LogP contribution in [0.4, 0.5) is 0 Å². The summed E-state index contributed by atoms with van der Waals surface area (Å²) in [6.45, 7) is 2.10. The number of hydrogen-bond donors (Lipinski definition) is 0. The molecule has 2 rings (SSSR count). The molecule has 18 heavy (non-hydrogen) atoms. The lowest BCUT2D eigenvalue weighted by Crippen LogP contribution is -2.32. The molecular weight excluding hydrogens is 248 g/mol. The maximum absolute atomic E-state index is 11.7. The fraction of sp³-hybridized carbons (Fsp3) is 0.286. The maximum atomic E-state index is 11.7. The Balaban J connectivity index is 2.24. The summed E-state index contributed by atoms with van der Waals surface area (Å²) in [6.07, 6.45) is 1.14. The number of hydrogen-bond acceptors (Lipinski definition) is 2. The summed E-state index contributed by atoms with van der Waals surface area (Å²) in [6, 6.07) is 7.49. The predicted octanol–water partition coefficient (Wildman–Crippen LogP) is 2.69. The zero-order valence-electron chi connectivity index (χ0n) is 10.1. The second-order valence-electron chi connectivity index (χ2n) is 3.93. The van der Waals surface area contributed by atoms with Gasteiger partial charge in [-0.25, -0.2) is 5.01 Å². The highest BCUT2D eigenvalue weighted by molar-refractivity contribution is 6.30. The zero-order chi connectivity index (χ0) is 13.0. The Labute approximate surface area is 111 Å². The van der Waals surface area contributed by atoms with Crippen LogP contribution >= 0.6 is 11.6 Å². The van der Waals surface area contributed by atoms with E-state index in [4.69, 9.17) is 11.6 Å². The lowest BCUT2D eigenvalue weighted by atomic mass is 10.0. The van der Waals surface area contributed by atoms with E-state index in [1.54, 1.807) is 6.92 Å². The minimum absolute atomic E-state index is 0.0236. The molecule has 0 unspecified atom stereocenters. The van der Waals surface area contributed by atoms with E-state index in [9.17, 15) is 4.79 Å². The predicted molar refractivity (Wildman–Crippen MR) is 72.4 cm³/mol. The monoisotopic (exact) mass is 260 g/mol. The lowest BCUT2D eigenvalue weighted by Gasteiger charge is -2.21.